The molecule has 0 saturated heterocycles. The van der Waals surface area contributed by atoms with Crippen LogP contribution in [0.2, 0.25) is 0 Å². The maximum atomic E-state index is 12.1. The minimum Gasteiger partial charge on any atom is -0.462 e. The first-order valence-corrected chi connectivity index (χ1v) is 13.3. The second-order valence-electron chi connectivity index (χ2n) is 9.82. The van der Waals surface area contributed by atoms with Crippen LogP contribution in [0.4, 0.5) is 0 Å². The summed E-state index contributed by atoms with van der Waals surface area (Å²) in [7, 11) is -2.44. The smallest absolute Gasteiger partial charge is 0.302 e. The Morgan fingerprint density at radius 3 is 2.38 bits per heavy atom. The van der Waals surface area contributed by atoms with Crippen LogP contribution >= 0.6 is 11.6 Å². The second kappa shape index (κ2) is 12.6. The lowest BCUT2D eigenvalue weighted by Gasteiger charge is -2.39. The molecule has 4 nitrogen and oxygen atoms in total. The number of benzene rings is 1. The zero-order chi connectivity index (χ0) is 25.5. The van der Waals surface area contributed by atoms with Crippen molar-refractivity contribution in [3.8, 4) is 0 Å². The number of hydrogen-bond acceptors (Lipinski definition) is 4. The molecular weight excluding hydrogens is 468 g/mol. The minimum atomic E-state index is -2.44. The van der Waals surface area contributed by atoms with Gasteiger partial charge in [0.25, 0.3) is 0 Å². The second-order valence-corrected chi connectivity index (χ2v) is 11.3. The van der Waals surface area contributed by atoms with Gasteiger partial charge in [-0.25, -0.2) is 0 Å². The van der Waals surface area contributed by atoms with E-state index in [2.05, 4.69) is 39.0 Å². The highest BCUT2D eigenvalue weighted by atomic mass is 35.5. The summed E-state index contributed by atoms with van der Waals surface area (Å²) < 4.78 is 29.1. The van der Waals surface area contributed by atoms with Crippen LogP contribution in [0.5, 0.6) is 0 Å². The molecule has 1 aliphatic rings. The first-order valence-electron chi connectivity index (χ1n) is 11.8. The molecule has 2 atom stereocenters. The Balaban J connectivity index is 2.45. The van der Waals surface area contributed by atoms with Crippen LogP contribution < -0.4 is 0 Å². The number of halogens is 1. The molecule has 34 heavy (non-hydrogen) atoms. The zero-order valence-corrected chi connectivity index (χ0v) is 22.7. The highest BCUT2D eigenvalue weighted by molar-refractivity contribution is 7.73. The Bertz CT molecular complexity index is 1100. The number of hydrogen-bond donors (Lipinski definition) is 0. The van der Waals surface area contributed by atoms with E-state index >= 15 is 0 Å². The van der Waals surface area contributed by atoms with Gasteiger partial charge < -0.3 is 4.74 Å². The number of carbonyl (C=O) groups excluding carboxylic acids is 1. The molecular formula is C28H37ClO4S. The average Bonchev–Trinajstić information content (AvgIpc) is 2.75. The summed E-state index contributed by atoms with van der Waals surface area (Å²) in [5.74, 6) is -0.350. The van der Waals surface area contributed by atoms with Crippen molar-refractivity contribution in [3.05, 3.63) is 70.3 Å². The van der Waals surface area contributed by atoms with Crippen molar-refractivity contribution in [1.29, 1.82) is 0 Å². The van der Waals surface area contributed by atoms with Gasteiger partial charge in [0.2, 0.25) is 10.3 Å². The summed E-state index contributed by atoms with van der Waals surface area (Å²) in [6.07, 6.45) is 7.42. The predicted molar refractivity (Wildman–Crippen MR) is 142 cm³/mol. The number of carbonyl (C=O) groups is 1. The molecule has 0 fully saturated rings. The van der Waals surface area contributed by atoms with Crippen molar-refractivity contribution >= 4 is 32.7 Å². The van der Waals surface area contributed by atoms with Crippen LogP contribution in [0.1, 0.15) is 78.7 Å². The molecule has 0 bridgehead atoms. The summed E-state index contributed by atoms with van der Waals surface area (Å²) >= 11 is 6.77. The number of allylic oxidation sites excluding steroid dienone is 5. The molecule has 0 heterocycles. The number of alkyl halides is 1. The highest BCUT2D eigenvalue weighted by Crippen LogP contribution is 2.48. The van der Waals surface area contributed by atoms with Gasteiger partial charge in [-0.05, 0) is 57.1 Å². The number of rotatable bonds is 9. The molecule has 186 valence electrons. The Hall–Kier alpha value is -2.11. The van der Waals surface area contributed by atoms with Gasteiger partial charge in [0, 0.05) is 19.3 Å². The first-order chi connectivity index (χ1) is 15.9. The Morgan fingerprint density at radius 1 is 1.18 bits per heavy atom. The summed E-state index contributed by atoms with van der Waals surface area (Å²) in [5, 5.41) is -0.755. The van der Waals surface area contributed by atoms with Gasteiger partial charge in [0.05, 0.1) is 10.2 Å². The van der Waals surface area contributed by atoms with E-state index in [9.17, 15) is 13.2 Å². The normalized spacial score (nSPS) is 18.3. The van der Waals surface area contributed by atoms with Crippen molar-refractivity contribution in [1.82, 2.24) is 0 Å². The molecule has 0 aromatic heterocycles. The van der Waals surface area contributed by atoms with Gasteiger partial charge in [-0.1, -0.05) is 72.5 Å². The van der Waals surface area contributed by atoms with Crippen molar-refractivity contribution in [3.63, 3.8) is 0 Å². The SMILES string of the molecule is CC(=O)OCC=C(C)CC(C(Cl)C(C)=CC(C1=C(C)CCCC1(C)C)c1ccccc1)=S(=O)=O. The topological polar surface area (TPSA) is 60.4 Å². The van der Waals surface area contributed by atoms with E-state index in [4.69, 9.17) is 16.3 Å². The molecule has 0 radical (unpaired) electrons. The van der Waals surface area contributed by atoms with Crippen LogP contribution in [0.3, 0.4) is 0 Å². The van der Waals surface area contributed by atoms with Gasteiger partial charge in [-0.15, -0.1) is 11.6 Å². The van der Waals surface area contributed by atoms with Crippen LogP contribution in [0, 0.1) is 5.41 Å². The first kappa shape index (κ1) is 28.1. The molecule has 1 aromatic carbocycles. The molecule has 1 aromatic rings. The molecule has 6 heteroatoms. The van der Waals surface area contributed by atoms with E-state index in [0.717, 1.165) is 24.0 Å². The van der Waals surface area contributed by atoms with Gasteiger partial charge >= 0.3 is 5.97 Å². The van der Waals surface area contributed by atoms with Gasteiger partial charge in [-0.3, -0.25) is 4.79 Å². The van der Waals surface area contributed by atoms with Crippen molar-refractivity contribution < 1.29 is 17.9 Å². The monoisotopic (exact) mass is 504 g/mol. The maximum absolute atomic E-state index is 12.1. The molecule has 0 amide bonds. The lowest BCUT2D eigenvalue weighted by molar-refractivity contribution is -0.139. The maximum Gasteiger partial charge on any atom is 0.302 e. The van der Waals surface area contributed by atoms with Gasteiger partial charge in [0.15, 0.2) is 0 Å². The predicted octanol–water partition coefficient (Wildman–Crippen LogP) is 6.80. The molecule has 0 N–H and O–H groups in total. The Kier molecular flexibility index (Phi) is 10.4. The van der Waals surface area contributed by atoms with Crippen LogP contribution in [-0.4, -0.2) is 31.2 Å². The van der Waals surface area contributed by atoms with E-state index in [1.54, 1.807) is 6.08 Å². The molecule has 1 aliphatic carbocycles. The summed E-state index contributed by atoms with van der Waals surface area (Å²) in [6.45, 7) is 12.0. The summed E-state index contributed by atoms with van der Waals surface area (Å²) in [5.41, 5.74) is 5.62. The fraction of sp³-hybridized carbons (Fsp3) is 0.500. The molecule has 0 aliphatic heterocycles. The highest BCUT2D eigenvalue weighted by Gasteiger charge is 2.34. The Labute approximate surface area is 211 Å². The van der Waals surface area contributed by atoms with E-state index in [1.165, 1.54) is 30.1 Å². The van der Waals surface area contributed by atoms with Gasteiger partial charge in [-0.2, -0.15) is 8.42 Å². The standard InChI is InChI=1S/C28H37ClO4S/c1-19(14-16-33-22(4)30)17-25(34(31)32)27(29)21(3)18-24(23-12-8-7-9-13-23)26-20(2)11-10-15-28(26,5)6/h7-9,12-14,18,24,27H,10-11,15-17H2,1-6H3. The fourth-order valence-electron chi connectivity index (χ4n) is 4.82. The van der Waals surface area contributed by atoms with Crippen LogP contribution in [0.25, 0.3) is 0 Å². The quantitative estimate of drug-likeness (QED) is 0.160. The fourth-order valence-corrected chi connectivity index (χ4v) is 5.89. The molecule has 2 rings (SSSR count). The summed E-state index contributed by atoms with van der Waals surface area (Å²) in [4.78, 5) is 11.2. The van der Waals surface area contributed by atoms with E-state index in [0.29, 0.717) is 0 Å². The van der Waals surface area contributed by atoms with E-state index in [1.807, 2.05) is 32.0 Å². The van der Waals surface area contributed by atoms with Crippen molar-refractivity contribution in [2.24, 2.45) is 5.41 Å². The largest absolute Gasteiger partial charge is 0.462 e. The average molecular weight is 505 g/mol. The Morgan fingerprint density at radius 2 is 1.82 bits per heavy atom. The number of esters is 1. The lowest BCUT2D eigenvalue weighted by atomic mass is 9.66. The van der Waals surface area contributed by atoms with Crippen LogP contribution in [-0.2, 0) is 19.8 Å². The zero-order valence-electron chi connectivity index (χ0n) is 21.2. The van der Waals surface area contributed by atoms with Crippen molar-refractivity contribution in [2.45, 2.75) is 78.5 Å². The van der Waals surface area contributed by atoms with E-state index in [-0.39, 0.29) is 35.2 Å². The minimum absolute atomic E-state index is 0.0275. The summed E-state index contributed by atoms with van der Waals surface area (Å²) in [6, 6.07) is 10.3. The molecule has 0 spiro atoms. The molecule has 2 unspecified atom stereocenters. The van der Waals surface area contributed by atoms with Crippen molar-refractivity contribution in [2.75, 3.05) is 6.61 Å². The van der Waals surface area contributed by atoms with Gasteiger partial charge in [0.1, 0.15) is 6.61 Å². The van der Waals surface area contributed by atoms with Crippen LogP contribution in [0.15, 0.2) is 64.8 Å². The molecule has 0 saturated carbocycles. The number of ether oxygens (including phenoxy) is 1. The lowest BCUT2D eigenvalue weighted by Crippen LogP contribution is -2.25. The third-order valence-electron chi connectivity index (χ3n) is 6.51. The third kappa shape index (κ3) is 7.71. The third-order valence-corrected chi connectivity index (χ3v) is 8.05. The van der Waals surface area contributed by atoms with E-state index < -0.39 is 15.7 Å².